The summed E-state index contributed by atoms with van der Waals surface area (Å²) in [4.78, 5) is 6.74. The van der Waals surface area contributed by atoms with Crippen LogP contribution in [0.4, 0.5) is 0 Å². The van der Waals surface area contributed by atoms with Gasteiger partial charge in [0, 0.05) is 31.4 Å². The van der Waals surface area contributed by atoms with E-state index in [1.165, 1.54) is 6.42 Å². The Hall–Kier alpha value is -0.930. The summed E-state index contributed by atoms with van der Waals surface area (Å²) in [6.07, 6.45) is 3.05. The van der Waals surface area contributed by atoms with Gasteiger partial charge in [0.2, 0.25) is 0 Å². The highest BCUT2D eigenvalue weighted by Crippen LogP contribution is 2.07. The zero-order valence-electron chi connectivity index (χ0n) is 11.5. The molecule has 0 bridgehead atoms. The van der Waals surface area contributed by atoms with Crippen LogP contribution in [0.2, 0.25) is 0 Å². The van der Waals surface area contributed by atoms with Crippen LogP contribution in [0.25, 0.3) is 0 Å². The van der Waals surface area contributed by atoms with E-state index in [0.29, 0.717) is 12.1 Å². The fraction of sp³-hybridized carbons (Fsp3) is 0.643. The molecular weight excluding hydrogens is 210 g/mol. The van der Waals surface area contributed by atoms with E-state index in [1.54, 1.807) is 0 Å². The molecule has 0 saturated carbocycles. The lowest BCUT2D eigenvalue weighted by molar-refractivity contribution is 0.249. The second-order valence-corrected chi connectivity index (χ2v) is 4.67. The molecule has 0 aromatic carbocycles. The molecule has 0 radical (unpaired) electrons. The topological polar surface area (TPSA) is 28.2 Å². The van der Waals surface area contributed by atoms with E-state index < -0.39 is 0 Å². The Labute approximate surface area is 105 Å². The fourth-order valence-corrected chi connectivity index (χ4v) is 1.73. The van der Waals surface area contributed by atoms with Crippen LogP contribution in [0.15, 0.2) is 24.4 Å². The zero-order valence-corrected chi connectivity index (χ0v) is 11.5. The van der Waals surface area contributed by atoms with Crippen molar-refractivity contribution in [1.29, 1.82) is 0 Å². The van der Waals surface area contributed by atoms with Crippen LogP contribution in [0, 0.1) is 0 Å². The van der Waals surface area contributed by atoms with E-state index in [4.69, 9.17) is 0 Å². The zero-order chi connectivity index (χ0) is 12.7. The van der Waals surface area contributed by atoms with Gasteiger partial charge in [-0.1, -0.05) is 13.0 Å². The van der Waals surface area contributed by atoms with Crippen molar-refractivity contribution in [2.75, 3.05) is 20.1 Å². The van der Waals surface area contributed by atoms with Crippen LogP contribution in [0.3, 0.4) is 0 Å². The van der Waals surface area contributed by atoms with Crippen molar-refractivity contribution in [3.05, 3.63) is 30.1 Å². The first-order valence-electron chi connectivity index (χ1n) is 6.49. The van der Waals surface area contributed by atoms with Gasteiger partial charge in [-0.2, -0.15) is 0 Å². The molecule has 3 heteroatoms. The molecule has 96 valence electrons. The Bertz CT molecular complexity index is 300. The van der Waals surface area contributed by atoms with Gasteiger partial charge in [0.15, 0.2) is 0 Å². The number of pyridine rings is 1. The summed E-state index contributed by atoms with van der Waals surface area (Å²) in [5.41, 5.74) is 1.11. The summed E-state index contributed by atoms with van der Waals surface area (Å²) in [6.45, 7) is 8.73. The number of rotatable bonds is 7. The maximum absolute atomic E-state index is 4.35. The maximum Gasteiger partial charge on any atom is 0.0570 e. The molecule has 2 atom stereocenters. The lowest BCUT2D eigenvalue weighted by Gasteiger charge is -2.24. The smallest absolute Gasteiger partial charge is 0.0570 e. The highest BCUT2D eigenvalue weighted by molar-refractivity contribution is 5.07. The van der Waals surface area contributed by atoms with Gasteiger partial charge in [-0.15, -0.1) is 0 Å². The van der Waals surface area contributed by atoms with Crippen molar-refractivity contribution < 1.29 is 0 Å². The molecule has 3 nitrogen and oxygen atoms in total. The first-order valence-corrected chi connectivity index (χ1v) is 6.49. The second kappa shape index (κ2) is 7.41. The van der Waals surface area contributed by atoms with Crippen molar-refractivity contribution in [3.8, 4) is 0 Å². The summed E-state index contributed by atoms with van der Waals surface area (Å²) < 4.78 is 0. The average Bonchev–Trinajstić information content (AvgIpc) is 2.38. The Morgan fingerprint density at radius 3 is 2.71 bits per heavy atom. The largest absolute Gasteiger partial charge is 0.308 e. The summed E-state index contributed by atoms with van der Waals surface area (Å²) in [5, 5.41) is 3.50. The molecule has 0 spiro atoms. The maximum atomic E-state index is 4.35. The van der Waals surface area contributed by atoms with Gasteiger partial charge in [0.25, 0.3) is 0 Å². The van der Waals surface area contributed by atoms with Gasteiger partial charge >= 0.3 is 0 Å². The normalized spacial score (nSPS) is 14.9. The SMILES string of the molecule is CCC(C)N(C)CCNC(C)c1ccccn1. The van der Waals surface area contributed by atoms with Gasteiger partial charge in [-0.25, -0.2) is 0 Å². The summed E-state index contributed by atoms with van der Waals surface area (Å²) >= 11 is 0. The lowest BCUT2D eigenvalue weighted by Crippen LogP contribution is -2.35. The Kier molecular flexibility index (Phi) is 6.16. The molecule has 2 unspecified atom stereocenters. The molecule has 0 aliphatic carbocycles. The first-order chi connectivity index (χ1) is 8.15. The summed E-state index contributed by atoms with van der Waals surface area (Å²) in [5.74, 6) is 0. The highest BCUT2D eigenvalue weighted by Gasteiger charge is 2.08. The van der Waals surface area contributed by atoms with Crippen molar-refractivity contribution >= 4 is 0 Å². The van der Waals surface area contributed by atoms with Crippen LogP contribution >= 0.6 is 0 Å². The minimum atomic E-state index is 0.321. The minimum absolute atomic E-state index is 0.321. The van der Waals surface area contributed by atoms with E-state index in [9.17, 15) is 0 Å². The van der Waals surface area contributed by atoms with Crippen LogP contribution in [-0.4, -0.2) is 36.1 Å². The fourth-order valence-electron chi connectivity index (χ4n) is 1.73. The number of hydrogen-bond donors (Lipinski definition) is 1. The summed E-state index contributed by atoms with van der Waals surface area (Å²) in [7, 11) is 2.18. The van der Waals surface area contributed by atoms with Gasteiger partial charge in [-0.05, 0) is 39.4 Å². The number of aromatic nitrogens is 1. The third kappa shape index (κ3) is 4.84. The van der Waals surface area contributed by atoms with E-state index in [-0.39, 0.29) is 0 Å². The first kappa shape index (κ1) is 14.1. The predicted octanol–water partition coefficient (Wildman–Crippen LogP) is 2.46. The number of hydrogen-bond acceptors (Lipinski definition) is 3. The Morgan fingerprint density at radius 2 is 2.12 bits per heavy atom. The predicted molar refractivity (Wildman–Crippen MR) is 73.0 cm³/mol. The third-order valence-electron chi connectivity index (χ3n) is 3.39. The average molecular weight is 235 g/mol. The van der Waals surface area contributed by atoms with Gasteiger partial charge in [-0.3, -0.25) is 4.98 Å². The molecule has 0 fully saturated rings. The van der Waals surface area contributed by atoms with Crippen molar-refractivity contribution in [2.45, 2.75) is 39.3 Å². The molecule has 17 heavy (non-hydrogen) atoms. The molecule has 0 saturated heterocycles. The molecule has 1 heterocycles. The van der Waals surface area contributed by atoms with E-state index in [2.05, 4.69) is 49.1 Å². The van der Waals surface area contributed by atoms with E-state index in [1.807, 2.05) is 18.3 Å². The van der Waals surface area contributed by atoms with E-state index >= 15 is 0 Å². The number of nitrogens with zero attached hydrogens (tertiary/aromatic N) is 2. The van der Waals surface area contributed by atoms with Crippen LogP contribution in [0.1, 0.15) is 38.9 Å². The summed E-state index contributed by atoms with van der Waals surface area (Å²) in [6, 6.07) is 7.03. The van der Waals surface area contributed by atoms with E-state index in [0.717, 1.165) is 18.8 Å². The second-order valence-electron chi connectivity index (χ2n) is 4.67. The molecule has 1 aromatic rings. The standard InChI is InChI=1S/C14H25N3/c1-5-12(2)17(4)11-10-15-13(3)14-8-6-7-9-16-14/h6-9,12-13,15H,5,10-11H2,1-4H3. The van der Waals surface area contributed by atoms with Crippen LogP contribution < -0.4 is 5.32 Å². The molecule has 0 aliphatic heterocycles. The number of likely N-dealkylation sites (N-methyl/N-ethyl adjacent to an activating group) is 1. The van der Waals surface area contributed by atoms with Gasteiger partial charge < -0.3 is 10.2 Å². The van der Waals surface area contributed by atoms with Crippen molar-refractivity contribution in [1.82, 2.24) is 15.2 Å². The highest BCUT2D eigenvalue weighted by atomic mass is 15.1. The monoisotopic (exact) mass is 235 g/mol. The van der Waals surface area contributed by atoms with Crippen LogP contribution in [0.5, 0.6) is 0 Å². The minimum Gasteiger partial charge on any atom is -0.308 e. The van der Waals surface area contributed by atoms with Gasteiger partial charge in [0.05, 0.1) is 5.69 Å². The van der Waals surface area contributed by atoms with Crippen LogP contribution in [-0.2, 0) is 0 Å². The molecule has 1 N–H and O–H groups in total. The molecule has 0 amide bonds. The molecule has 1 rings (SSSR count). The molecule has 0 aliphatic rings. The third-order valence-corrected chi connectivity index (χ3v) is 3.39. The Balaban J connectivity index is 2.27. The lowest BCUT2D eigenvalue weighted by atomic mass is 10.2. The van der Waals surface area contributed by atoms with Crippen molar-refractivity contribution in [2.24, 2.45) is 0 Å². The molecule has 1 aromatic heterocycles. The molecular formula is C14H25N3. The number of nitrogens with one attached hydrogen (secondary N) is 1. The Morgan fingerprint density at radius 1 is 1.35 bits per heavy atom. The van der Waals surface area contributed by atoms with Crippen molar-refractivity contribution in [3.63, 3.8) is 0 Å². The van der Waals surface area contributed by atoms with Gasteiger partial charge in [0.1, 0.15) is 0 Å². The quantitative estimate of drug-likeness (QED) is 0.787.